The summed E-state index contributed by atoms with van der Waals surface area (Å²) in [4.78, 5) is 33.3. The Hall–Kier alpha value is -2.99. The Bertz CT molecular complexity index is 906. The molecule has 1 aromatic carbocycles. The third-order valence-electron chi connectivity index (χ3n) is 4.98. The third kappa shape index (κ3) is 3.82. The summed E-state index contributed by atoms with van der Waals surface area (Å²) in [6, 6.07) is 10.3. The Morgan fingerprint density at radius 2 is 1.82 bits per heavy atom. The van der Waals surface area contributed by atoms with Crippen LogP contribution in [0.5, 0.6) is 0 Å². The molecule has 28 heavy (non-hydrogen) atoms. The molecule has 2 heterocycles. The number of aliphatic hydroxyl groups excluding tert-OH is 1. The van der Waals surface area contributed by atoms with Gasteiger partial charge in [0, 0.05) is 24.5 Å². The molecule has 1 aromatic heterocycles. The quantitative estimate of drug-likeness (QED) is 0.475. The molecule has 0 radical (unpaired) electrons. The number of ketones is 1. The van der Waals surface area contributed by atoms with Gasteiger partial charge in [-0.3, -0.25) is 14.6 Å². The SMILES string of the molecule is Cc1ccccc1C1/C(=C(/O)c2ccncc2)C(=O)C(=O)N1CCCN(C)C. The number of aromatic nitrogens is 1. The number of Topliss-reactive ketones (excluding diaryl/α,β-unsaturated/α-hetero) is 1. The highest BCUT2D eigenvalue weighted by molar-refractivity contribution is 6.46. The van der Waals surface area contributed by atoms with Crippen LogP contribution in [0.1, 0.15) is 29.2 Å². The lowest BCUT2D eigenvalue weighted by molar-refractivity contribution is -0.139. The summed E-state index contributed by atoms with van der Waals surface area (Å²) >= 11 is 0. The van der Waals surface area contributed by atoms with Crippen molar-refractivity contribution in [1.29, 1.82) is 0 Å². The van der Waals surface area contributed by atoms with Crippen LogP contribution in [-0.2, 0) is 9.59 Å². The van der Waals surface area contributed by atoms with Gasteiger partial charge in [-0.25, -0.2) is 0 Å². The van der Waals surface area contributed by atoms with Gasteiger partial charge < -0.3 is 14.9 Å². The lowest BCUT2D eigenvalue weighted by Gasteiger charge is -2.27. The van der Waals surface area contributed by atoms with Gasteiger partial charge in [0.2, 0.25) is 0 Å². The van der Waals surface area contributed by atoms with Crippen LogP contribution in [0.25, 0.3) is 5.76 Å². The molecule has 3 rings (SSSR count). The van der Waals surface area contributed by atoms with Gasteiger partial charge in [-0.2, -0.15) is 0 Å². The summed E-state index contributed by atoms with van der Waals surface area (Å²) in [5.74, 6) is -1.38. The number of carbonyl (C=O) groups excluding carboxylic acids is 2. The minimum Gasteiger partial charge on any atom is -0.507 e. The van der Waals surface area contributed by atoms with Crippen molar-refractivity contribution in [3.05, 3.63) is 71.1 Å². The molecule has 0 spiro atoms. The second-order valence-electron chi connectivity index (χ2n) is 7.24. The average molecular weight is 379 g/mol. The Morgan fingerprint density at radius 3 is 2.46 bits per heavy atom. The predicted octanol–water partition coefficient (Wildman–Crippen LogP) is 2.76. The number of hydrogen-bond acceptors (Lipinski definition) is 5. The summed E-state index contributed by atoms with van der Waals surface area (Å²) in [5, 5.41) is 10.9. The van der Waals surface area contributed by atoms with Gasteiger partial charge in [-0.05, 0) is 57.2 Å². The lowest BCUT2D eigenvalue weighted by atomic mass is 9.92. The molecule has 0 aliphatic carbocycles. The van der Waals surface area contributed by atoms with Crippen molar-refractivity contribution in [2.24, 2.45) is 0 Å². The van der Waals surface area contributed by atoms with E-state index < -0.39 is 17.7 Å². The summed E-state index contributed by atoms with van der Waals surface area (Å²) in [6.45, 7) is 3.18. The van der Waals surface area contributed by atoms with E-state index in [0.717, 1.165) is 24.1 Å². The first-order valence-corrected chi connectivity index (χ1v) is 9.31. The molecule has 1 N–H and O–H groups in total. The molecular weight excluding hydrogens is 354 g/mol. The molecule has 1 saturated heterocycles. The highest BCUT2D eigenvalue weighted by atomic mass is 16.3. The van der Waals surface area contributed by atoms with Crippen molar-refractivity contribution < 1.29 is 14.7 Å². The van der Waals surface area contributed by atoms with Gasteiger partial charge >= 0.3 is 0 Å². The van der Waals surface area contributed by atoms with Gasteiger partial charge in [0.15, 0.2) is 0 Å². The van der Waals surface area contributed by atoms with E-state index in [4.69, 9.17) is 0 Å². The van der Waals surface area contributed by atoms with E-state index in [0.29, 0.717) is 12.1 Å². The number of pyridine rings is 1. The normalized spacial score (nSPS) is 18.9. The van der Waals surface area contributed by atoms with Crippen LogP contribution in [0.4, 0.5) is 0 Å². The van der Waals surface area contributed by atoms with E-state index in [1.165, 1.54) is 0 Å². The van der Waals surface area contributed by atoms with Crippen LogP contribution in [0, 0.1) is 6.92 Å². The molecule has 1 aliphatic heterocycles. The molecule has 6 heteroatoms. The number of likely N-dealkylation sites (tertiary alicyclic amines) is 1. The second kappa shape index (κ2) is 8.35. The minimum absolute atomic E-state index is 0.135. The fourth-order valence-corrected chi connectivity index (χ4v) is 3.55. The van der Waals surface area contributed by atoms with E-state index in [2.05, 4.69) is 4.98 Å². The first-order valence-electron chi connectivity index (χ1n) is 9.31. The third-order valence-corrected chi connectivity index (χ3v) is 4.98. The van der Waals surface area contributed by atoms with Crippen LogP contribution in [0.2, 0.25) is 0 Å². The topological polar surface area (TPSA) is 73.7 Å². The Morgan fingerprint density at radius 1 is 1.14 bits per heavy atom. The number of benzene rings is 1. The molecule has 6 nitrogen and oxygen atoms in total. The Kier molecular flexibility index (Phi) is 5.90. The zero-order valence-corrected chi connectivity index (χ0v) is 16.4. The van der Waals surface area contributed by atoms with Crippen molar-refractivity contribution >= 4 is 17.4 Å². The Balaban J connectivity index is 2.10. The zero-order chi connectivity index (χ0) is 20.3. The highest BCUT2D eigenvalue weighted by Gasteiger charge is 2.46. The number of aliphatic hydroxyl groups is 1. The van der Waals surface area contributed by atoms with Gasteiger partial charge in [-0.1, -0.05) is 24.3 Å². The molecule has 0 bridgehead atoms. The Labute approximate surface area is 165 Å². The standard InChI is InChI=1S/C22H25N3O3/c1-15-7-4-5-8-17(15)19-18(20(26)16-9-11-23-12-10-16)21(27)22(28)25(19)14-6-13-24(2)3/h4-5,7-12,19,26H,6,13-14H2,1-3H3/b20-18-. The largest absolute Gasteiger partial charge is 0.507 e. The van der Waals surface area contributed by atoms with E-state index in [-0.39, 0.29) is 11.3 Å². The van der Waals surface area contributed by atoms with E-state index in [9.17, 15) is 14.7 Å². The van der Waals surface area contributed by atoms with Crippen LogP contribution in [0.15, 0.2) is 54.4 Å². The number of nitrogens with zero attached hydrogens (tertiary/aromatic N) is 3. The molecule has 1 amide bonds. The average Bonchev–Trinajstić information content (AvgIpc) is 2.93. The lowest BCUT2D eigenvalue weighted by Crippen LogP contribution is -2.32. The van der Waals surface area contributed by atoms with Gasteiger partial charge in [0.25, 0.3) is 11.7 Å². The molecule has 2 aromatic rings. The number of aryl methyl sites for hydroxylation is 1. The smallest absolute Gasteiger partial charge is 0.295 e. The van der Waals surface area contributed by atoms with Gasteiger partial charge in [0.1, 0.15) is 5.76 Å². The fourth-order valence-electron chi connectivity index (χ4n) is 3.55. The predicted molar refractivity (Wildman–Crippen MR) is 108 cm³/mol. The summed E-state index contributed by atoms with van der Waals surface area (Å²) in [7, 11) is 3.94. The number of hydrogen-bond donors (Lipinski definition) is 1. The number of amides is 1. The van der Waals surface area contributed by atoms with Crippen molar-refractivity contribution in [2.45, 2.75) is 19.4 Å². The number of rotatable bonds is 6. The van der Waals surface area contributed by atoms with Crippen LogP contribution in [0.3, 0.4) is 0 Å². The fraction of sp³-hybridized carbons (Fsp3) is 0.318. The highest BCUT2D eigenvalue weighted by Crippen LogP contribution is 2.40. The molecule has 1 fully saturated rings. The van der Waals surface area contributed by atoms with Crippen LogP contribution >= 0.6 is 0 Å². The monoisotopic (exact) mass is 379 g/mol. The van der Waals surface area contributed by atoms with Crippen molar-refractivity contribution in [2.75, 3.05) is 27.2 Å². The van der Waals surface area contributed by atoms with Gasteiger partial charge in [-0.15, -0.1) is 0 Å². The van der Waals surface area contributed by atoms with E-state index in [1.54, 1.807) is 29.4 Å². The number of carbonyl (C=O) groups is 2. The second-order valence-corrected chi connectivity index (χ2v) is 7.24. The molecule has 1 unspecified atom stereocenters. The molecule has 146 valence electrons. The maximum Gasteiger partial charge on any atom is 0.295 e. The molecule has 1 aliphatic rings. The molecule has 1 atom stereocenters. The van der Waals surface area contributed by atoms with Crippen LogP contribution in [-0.4, -0.2) is 58.8 Å². The molecule has 0 saturated carbocycles. The van der Waals surface area contributed by atoms with Crippen molar-refractivity contribution in [3.8, 4) is 0 Å². The zero-order valence-electron chi connectivity index (χ0n) is 16.4. The van der Waals surface area contributed by atoms with Crippen molar-refractivity contribution in [1.82, 2.24) is 14.8 Å². The molecular formula is C22H25N3O3. The van der Waals surface area contributed by atoms with E-state index >= 15 is 0 Å². The maximum absolute atomic E-state index is 12.9. The van der Waals surface area contributed by atoms with E-state index in [1.807, 2.05) is 50.2 Å². The summed E-state index contributed by atoms with van der Waals surface area (Å²) in [5.41, 5.74) is 2.42. The first kappa shape index (κ1) is 19.8. The van der Waals surface area contributed by atoms with Gasteiger partial charge in [0.05, 0.1) is 11.6 Å². The van der Waals surface area contributed by atoms with Crippen molar-refractivity contribution in [3.63, 3.8) is 0 Å². The minimum atomic E-state index is -0.646. The first-order chi connectivity index (χ1) is 13.4. The maximum atomic E-state index is 12.9. The summed E-state index contributed by atoms with van der Waals surface area (Å²) < 4.78 is 0. The van der Waals surface area contributed by atoms with Crippen LogP contribution < -0.4 is 0 Å². The summed E-state index contributed by atoms with van der Waals surface area (Å²) in [6.07, 6.45) is 3.83.